The first-order valence-electron chi connectivity index (χ1n) is 8.49. The zero-order valence-electron chi connectivity index (χ0n) is 14.5. The lowest BCUT2D eigenvalue weighted by Gasteiger charge is -2.28. The molecule has 1 fully saturated rings. The second-order valence-corrected chi connectivity index (χ2v) is 8.02. The van der Waals surface area contributed by atoms with Gasteiger partial charge in [0.2, 0.25) is 0 Å². The van der Waals surface area contributed by atoms with Crippen LogP contribution in [0.4, 0.5) is 14.9 Å². The maximum atomic E-state index is 13.1. The molecule has 1 saturated heterocycles. The number of benzene rings is 1. The second-order valence-electron chi connectivity index (χ2n) is 5.81. The van der Waals surface area contributed by atoms with E-state index in [9.17, 15) is 18.8 Å². The summed E-state index contributed by atoms with van der Waals surface area (Å²) in [5.74, 6) is -0.119. The van der Waals surface area contributed by atoms with Gasteiger partial charge in [-0.05, 0) is 48.6 Å². The van der Waals surface area contributed by atoms with Gasteiger partial charge in [-0.3, -0.25) is 14.9 Å². The summed E-state index contributed by atoms with van der Waals surface area (Å²) >= 11 is 0. The minimum atomic E-state index is -0.792. The van der Waals surface area contributed by atoms with Crippen molar-refractivity contribution in [3.05, 3.63) is 30.1 Å². The highest BCUT2D eigenvalue weighted by molar-refractivity contribution is 8.18. The van der Waals surface area contributed by atoms with Crippen LogP contribution in [-0.2, 0) is 9.59 Å². The molecular weight excluding hydrogens is 343 g/mol. The van der Waals surface area contributed by atoms with Crippen LogP contribution in [0.15, 0.2) is 24.3 Å². The Morgan fingerprint density at radius 1 is 1.00 bits per heavy atom. The Balaban J connectivity index is 2.43. The third-order valence-electron chi connectivity index (χ3n) is 3.89. The number of hydrogen-bond donors (Lipinski definition) is 1. The van der Waals surface area contributed by atoms with Crippen molar-refractivity contribution in [2.75, 3.05) is 16.4 Å². The molecule has 0 spiro atoms. The fraction of sp³-hybridized carbons (Fsp3) is 0.444. The van der Waals surface area contributed by atoms with Crippen LogP contribution in [0.1, 0.15) is 39.5 Å². The standard InChI is InChI=1S/C18H23FN2O3S/c1-3-5-11-25(12-6-4-2)15-16(22)20-18(24)21(17(15)23)14-9-7-13(19)8-10-14/h7-10H,3-6,11-12H2,1-2H3,(H,20,22,24). The number of nitrogens with one attached hydrogen (secondary N) is 1. The van der Waals surface area contributed by atoms with E-state index in [0.717, 1.165) is 42.1 Å². The molecular formula is C18H23FN2O3S. The molecule has 1 aromatic carbocycles. The molecule has 1 aliphatic rings. The zero-order valence-corrected chi connectivity index (χ0v) is 15.3. The van der Waals surface area contributed by atoms with Crippen molar-refractivity contribution in [1.82, 2.24) is 5.32 Å². The first kappa shape index (κ1) is 19.3. The summed E-state index contributed by atoms with van der Waals surface area (Å²) in [4.78, 5) is 38.5. The van der Waals surface area contributed by atoms with Gasteiger partial charge in [0.25, 0.3) is 11.8 Å². The Bertz CT molecular complexity index is 691. The van der Waals surface area contributed by atoms with Gasteiger partial charge >= 0.3 is 6.03 Å². The number of nitrogens with zero attached hydrogens (tertiary/aromatic N) is 1. The minimum absolute atomic E-state index is 0.158. The molecule has 1 aromatic rings. The highest BCUT2D eigenvalue weighted by atomic mass is 32.2. The number of carbonyl (C=O) groups is 3. The lowest BCUT2D eigenvalue weighted by Crippen LogP contribution is -2.59. The van der Waals surface area contributed by atoms with Crippen LogP contribution >= 0.6 is 10.5 Å². The Kier molecular flexibility index (Phi) is 6.87. The van der Waals surface area contributed by atoms with Crippen LogP contribution in [0.25, 0.3) is 0 Å². The van der Waals surface area contributed by atoms with Crippen LogP contribution in [0.2, 0.25) is 0 Å². The summed E-state index contributed by atoms with van der Waals surface area (Å²) in [5.41, 5.74) is 0.253. The Hall–Kier alpha value is -2.02. The number of amides is 4. The van der Waals surface area contributed by atoms with Gasteiger partial charge < -0.3 is 0 Å². The molecule has 0 aromatic heterocycles. The number of imide groups is 2. The second kappa shape index (κ2) is 8.89. The van der Waals surface area contributed by atoms with E-state index in [0.29, 0.717) is 0 Å². The summed E-state index contributed by atoms with van der Waals surface area (Å²) in [6.07, 6.45) is 3.78. The van der Waals surface area contributed by atoms with Crippen LogP contribution in [0, 0.1) is 5.82 Å². The van der Waals surface area contributed by atoms with Gasteiger partial charge in [0, 0.05) is 0 Å². The van der Waals surface area contributed by atoms with Crippen molar-refractivity contribution >= 4 is 38.9 Å². The average molecular weight is 366 g/mol. The van der Waals surface area contributed by atoms with Gasteiger partial charge in [-0.1, -0.05) is 26.7 Å². The highest BCUT2D eigenvalue weighted by Gasteiger charge is 2.38. The van der Waals surface area contributed by atoms with Gasteiger partial charge in [-0.15, -0.1) is 0 Å². The van der Waals surface area contributed by atoms with Crippen molar-refractivity contribution in [3.63, 3.8) is 0 Å². The molecule has 1 heterocycles. The van der Waals surface area contributed by atoms with E-state index in [1.165, 1.54) is 24.3 Å². The number of hydrogen-bond acceptors (Lipinski definition) is 3. The third-order valence-corrected chi connectivity index (χ3v) is 6.39. The van der Waals surface area contributed by atoms with Gasteiger partial charge in [-0.25, -0.2) is 14.1 Å². The monoisotopic (exact) mass is 366 g/mol. The summed E-state index contributed by atoms with van der Waals surface area (Å²) < 4.78 is 13.1. The molecule has 0 bridgehead atoms. The maximum absolute atomic E-state index is 13.1. The number of anilines is 1. The molecule has 136 valence electrons. The van der Waals surface area contributed by atoms with Gasteiger partial charge in [-0.2, -0.15) is 10.5 Å². The van der Waals surface area contributed by atoms with E-state index in [1.807, 2.05) is 0 Å². The Labute approximate surface area is 149 Å². The molecule has 5 nitrogen and oxygen atoms in total. The van der Waals surface area contributed by atoms with E-state index in [-0.39, 0.29) is 10.6 Å². The first-order valence-corrected chi connectivity index (χ1v) is 10.1. The molecule has 0 atom stereocenters. The van der Waals surface area contributed by atoms with Gasteiger partial charge in [0.05, 0.1) is 5.69 Å². The minimum Gasteiger partial charge on any atom is -0.273 e. The van der Waals surface area contributed by atoms with Crippen LogP contribution in [0.5, 0.6) is 0 Å². The summed E-state index contributed by atoms with van der Waals surface area (Å²) in [5, 5.41) is 2.26. The molecule has 0 saturated carbocycles. The van der Waals surface area contributed by atoms with E-state index >= 15 is 0 Å². The molecule has 2 rings (SSSR count). The quantitative estimate of drug-likeness (QED) is 0.752. The van der Waals surface area contributed by atoms with Gasteiger partial charge in [0.1, 0.15) is 10.7 Å². The summed E-state index contributed by atoms with van der Waals surface area (Å²) in [7, 11) is -0.498. The molecule has 0 aliphatic carbocycles. The Morgan fingerprint density at radius 2 is 1.56 bits per heavy atom. The number of rotatable bonds is 7. The van der Waals surface area contributed by atoms with E-state index in [1.54, 1.807) is 0 Å². The number of barbiturate groups is 1. The lowest BCUT2D eigenvalue weighted by atomic mass is 10.2. The SMILES string of the molecule is CCCCS(CCCC)=C1C(=O)NC(=O)N(c2ccc(F)cc2)C1=O. The molecule has 4 amide bonds. The number of urea groups is 1. The van der Waals surface area contributed by atoms with Crippen molar-refractivity contribution in [1.29, 1.82) is 0 Å². The Morgan fingerprint density at radius 3 is 2.08 bits per heavy atom. The van der Waals surface area contributed by atoms with Gasteiger partial charge in [0.15, 0.2) is 0 Å². The number of unbranched alkanes of at least 4 members (excludes halogenated alkanes) is 2. The van der Waals surface area contributed by atoms with E-state index in [2.05, 4.69) is 19.2 Å². The molecule has 0 unspecified atom stereocenters. The number of carbonyl (C=O) groups excluding carboxylic acids is 3. The van der Waals surface area contributed by atoms with Crippen molar-refractivity contribution in [3.8, 4) is 0 Å². The fourth-order valence-electron chi connectivity index (χ4n) is 2.52. The largest absolute Gasteiger partial charge is 0.335 e. The number of halogens is 1. The molecule has 25 heavy (non-hydrogen) atoms. The average Bonchev–Trinajstić information content (AvgIpc) is 2.58. The van der Waals surface area contributed by atoms with Crippen LogP contribution < -0.4 is 10.2 Å². The molecule has 1 N–H and O–H groups in total. The van der Waals surface area contributed by atoms with E-state index < -0.39 is 34.1 Å². The normalized spacial score (nSPS) is 15.1. The highest BCUT2D eigenvalue weighted by Crippen LogP contribution is 2.25. The fourth-order valence-corrected chi connectivity index (χ4v) is 5.06. The predicted octanol–water partition coefficient (Wildman–Crippen LogP) is 3.45. The lowest BCUT2D eigenvalue weighted by molar-refractivity contribution is -0.117. The molecule has 0 radical (unpaired) electrons. The smallest absolute Gasteiger partial charge is 0.273 e. The molecule has 7 heteroatoms. The van der Waals surface area contributed by atoms with Crippen molar-refractivity contribution in [2.24, 2.45) is 0 Å². The summed E-state index contributed by atoms with van der Waals surface area (Å²) in [6, 6.07) is 4.28. The predicted molar refractivity (Wildman–Crippen MR) is 99.6 cm³/mol. The van der Waals surface area contributed by atoms with Crippen LogP contribution in [0.3, 0.4) is 0 Å². The molecule has 1 aliphatic heterocycles. The summed E-state index contributed by atoms with van der Waals surface area (Å²) in [6.45, 7) is 4.12. The maximum Gasteiger partial charge on any atom is 0.335 e. The van der Waals surface area contributed by atoms with E-state index in [4.69, 9.17) is 0 Å². The topological polar surface area (TPSA) is 66.5 Å². The zero-order chi connectivity index (χ0) is 18.4. The van der Waals surface area contributed by atoms with Crippen LogP contribution in [-0.4, -0.2) is 34.2 Å². The third kappa shape index (κ3) is 4.54. The van der Waals surface area contributed by atoms with Crippen molar-refractivity contribution < 1.29 is 18.8 Å². The van der Waals surface area contributed by atoms with Crippen molar-refractivity contribution in [2.45, 2.75) is 39.5 Å². The first-order chi connectivity index (χ1) is 12.0.